The molecule has 0 aliphatic carbocycles. The van der Waals surface area contributed by atoms with Crippen molar-refractivity contribution in [3.05, 3.63) is 56.5 Å². The van der Waals surface area contributed by atoms with Gasteiger partial charge >= 0.3 is 0 Å². The van der Waals surface area contributed by atoms with Crippen LogP contribution in [0, 0.1) is 0 Å². The molecule has 3 nitrogen and oxygen atoms in total. The lowest BCUT2D eigenvalue weighted by molar-refractivity contribution is -0.122. The fourth-order valence-corrected chi connectivity index (χ4v) is 2.63. The molecule has 0 fully saturated rings. The van der Waals surface area contributed by atoms with Crippen LogP contribution in [0.3, 0.4) is 0 Å². The third-order valence-corrected chi connectivity index (χ3v) is 4.28. The Hall–Kier alpha value is -1.13. The Labute approximate surface area is 154 Å². The highest BCUT2D eigenvalue weighted by Crippen LogP contribution is 2.32. The number of amides is 1. The van der Waals surface area contributed by atoms with Crippen LogP contribution in [0.25, 0.3) is 0 Å². The molecule has 0 unspecified atom stereocenters. The van der Waals surface area contributed by atoms with Crippen molar-refractivity contribution in [2.24, 2.45) is 0 Å². The molecule has 2 rings (SSSR count). The first-order chi connectivity index (χ1) is 10.9. The van der Waals surface area contributed by atoms with Crippen LogP contribution in [0.1, 0.15) is 13.3 Å². The zero-order valence-corrected chi connectivity index (χ0v) is 15.1. The number of halogens is 4. The average Bonchev–Trinajstić information content (AvgIpc) is 2.50. The molecule has 0 aromatic heterocycles. The molecule has 0 saturated carbocycles. The van der Waals surface area contributed by atoms with Crippen molar-refractivity contribution in [3.8, 4) is 5.75 Å². The van der Waals surface area contributed by atoms with E-state index in [4.69, 9.17) is 51.1 Å². The summed E-state index contributed by atoms with van der Waals surface area (Å²) in [6, 6.07) is 9.82. The quantitative estimate of drug-likeness (QED) is 0.624. The summed E-state index contributed by atoms with van der Waals surface area (Å²) in [5, 5.41) is 4.14. The predicted molar refractivity (Wildman–Crippen MR) is 96.3 cm³/mol. The zero-order chi connectivity index (χ0) is 17.0. The second-order valence-corrected chi connectivity index (χ2v) is 6.37. The summed E-state index contributed by atoms with van der Waals surface area (Å²) in [7, 11) is 0. The number of anilines is 1. The second kappa shape index (κ2) is 8.11. The number of hydrogen-bond acceptors (Lipinski definition) is 2. The molecule has 2 aromatic carbocycles. The van der Waals surface area contributed by atoms with Gasteiger partial charge in [0.25, 0.3) is 5.91 Å². The molecule has 0 bridgehead atoms. The topological polar surface area (TPSA) is 38.3 Å². The highest BCUT2D eigenvalue weighted by Gasteiger charge is 2.20. The lowest BCUT2D eigenvalue weighted by atomic mass is 10.2. The van der Waals surface area contributed by atoms with Crippen LogP contribution in [-0.4, -0.2) is 12.0 Å². The molecule has 23 heavy (non-hydrogen) atoms. The van der Waals surface area contributed by atoms with E-state index in [9.17, 15) is 4.79 Å². The maximum Gasteiger partial charge on any atom is 0.265 e. The van der Waals surface area contributed by atoms with Gasteiger partial charge in [0.05, 0.1) is 20.8 Å². The molecule has 0 aliphatic rings. The number of carbonyl (C=O) groups is 1. The number of carbonyl (C=O) groups excluding carboxylic acids is 1. The summed E-state index contributed by atoms with van der Waals surface area (Å²) in [5.41, 5.74) is 0.374. The van der Waals surface area contributed by atoms with E-state index >= 15 is 0 Å². The molecule has 7 heteroatoms. The van der Waals surface area contributed by atoms with E-state index in [2.05, 4.69) is 5.32 Å². The van der Waals surface area contributed by atoms with E-state index in [1.54, 1.807) is 24.3 Å². The van der Waals surface area contributed by atoms with Crippen LogP contribution < -0.4 is 10.1 Å². The smallest absolute Gasteiger partial charge is 0.265 e. The van der Waals surface area contributed by atoms with Crippen LogP contribution in [0.15, 0.2) is 36.4 Å². The Morgan fingerprint density at radius 1 is 1.09 bits per heavy atom. The van der Waals surface area contributed by atoms with Crippen LogP contribution >= 0.6 is 46.4 Å². The van der Waals surface area contributed by atoms with Gasteiger partial charge in [-0.25, -0.2) is 0 Å². The minimum atomic E-state index is -0.695. The van der Waals surface area contributed by atoms with Gasteiger partial charge in [-0.3, -0.25) is 4.79 Å². The minimum absolute atomic E-state index is 0.297. The first kappa shape index (κ1) is 18.2. The van der Waals surface area contributed by atoms with Gasteiger partial charge in [-0.1, -0.05) is 59.4 Å². The zero-order valence-electron chi connectivity index (χ0n) is 12.1. The van der Waals surface area contributed by atoms with E-state index in [1.165, 1.54) is 12.1 Å². The molecule has 1 N–H and O–H groups in total. The van der Waals surface area contributed by atoms with Gasteiger partial charge in [-0.05, 0) is 36.8 Å². The van der Waals surface area contributed by atoms with Gasteiger partial charge in [0.1, 0.15) is 5.75 Å². The summed E-state index contributed by atoms with van der Waals surface area (Å²) >= 11 is 23.8. The van der Waals surface area contributed by atoms with E-state index in [0.29, 0.717) is 37.9 Å². The first-order valence-corrected chi connectivity index (χ1v) is 8.29. The van der Waals surface area contributed by atoms with Gasteiger partial charge in [0.2, 0.25) is 0 Å². The van der Waals surface area contributed by atoms with E-state index in [0.717, 1.165) is 0 Å². The van der Waals surface area contributed by atoms with Crippen LogP contribution in [-0.2, 0) is 4.79 Å². The highest BCUT2D eigenvalue weighted by atomic mass is 35.5. The maximum absolute atomic E-state index is 12.4. The number of hydrogen-bond donors (Lipinski definition) is 1. The van der Waals surface area contributed by atoms with E-state index < -0.39 is 6.10 Å². The van der Waals surface area contributed by atoms with Crippen molar-refractivity contribution in [3.63, 3.8) is 0 Å². The van der Waals surface area contributed by atoms with Crippen molar-refractivity contribution in [2.45, 2.75) is 19.4 Å². The Balaban J connectivity index is 2.13. The Morgan fingerprint density at radius 3 is 2.43 bits per heavy atom. The Morgan fingerprint density at radius 2 is 1.78 bits per heavy atom. The Bertz CT molecular complexity index is 721. The molecule has 0 heterocycles. The SMILES string of the molecule is CC[C@H](Oc1cccc(Cl)c1)C(=O)Nc1cc(Cl)c(Cl)cc1Cl. The molecule has 0 saturated heterocycles. The van der Waals surface area contributed by atoms with Crippen molar-refractivity contribution >= 4 is 58.0 Å². The standard InChI is InChI=1S/C16H13Cl4NO2/c1-2-15(23-10-5-3-4-9(17)6-10)16(22)21-14-8-12(19)11(18)7-13(14)20/h3-8,15H,2H2,1H3,(H,21,22)/t15-/m0/s1. The van der Waals surface area contributed by atoms with Crippen molar-refractivity contribution < 1.29 is 9.53 Å². The summed E-state index contributed by atoms with van der Waals surface area (Å²) in [6.07, 6.45) is -0.226. The fraction of sp³-hybridized carbons (Fsp3) is 0.188. The summed E-state index contributed by atoms with van der Waals surface area (Å²) in [6.45, 7) is 1.84. The van der Waals surface area contributed by atoms with Gasteiger partial charge in [0, 0.05) is 5.02 Å². The van der Waals surface area contributed by atoms with Crippen LogP contribution in [0.2, 0.25) is 20.1 Å². The third kappa shape index (κ3) is 4.92. The van der Waals surface area contributed by atoms with Gasteiger partial charge in [-0.15, -0.1) is 0 Å². The second-order valence-electron chi connectivity index (χ2n) is 4.71. The number of ether oxygens (including phenoxy) is 1. The molecule has 122 valence electrons. The highest BCUT2D eigenvalue weighted by molar-refractivity contribution is 6.44. The van der Waals surface area contributed by atoms with Crippen molar-refractivity contribution in [1.29, 1.82) is 0 Å². The first-order valence-electron chi connectivity index (χ1n) is 6.78. The Kier molecular flexibility index (Phi) is 6.42. The molecular weight excluding hydrogens is 380 g/mol. The van der Waals surface area contributed by atoms with Crippen molar-refractivity contribution in [2.75, 3.05) is 5.32 Å². The number of nitrogens with one attached hydrogen (secondary N) is 1. The summed E-state index contributed by atoms with van der Waals surface area (Å²) in [4.78, 5) is 12.4. The average molecular weight is 393 g/mol. The van der Waals surface area contributed by atoms with E-state index in [-0.39, 0.29) is 5.91 Å². The molecule has 1 amide bonds. The third-order valence-electron chi connectivity index (χ3n) is 3.01. The fourth-order valence-electron chi connectivity index (χ4n) is 1.86. The number of benzene rings is 2. The lowest BCUT2D eigenvalue weighted by Gasteiger charge is -2.18. The molecule has 1 atom stereocenters. The van der Waals surface area contributed by atoms with Gasteiger partial charge in [-0.2, -0.15) is 0 Å². The molecule has 2 aromatic rings. The number of rotatable bonds is 5. The van der Waals surface area contributed by atoms with Gasteiger partial charge < -0.3 is 10.1 Å². The normalized spacial score (nSPS) is 11.9. The largest absolute Gasteiger partial charge is 0.481 e. The van der Waals surface area contributed by atoms with Crippen molar-refractivity contribution in [1.82, 2.24) is 0 Å². The minimum Gasteiger partial charge on any atom is -0.481 e. The van der Waals surface area contributed by atoms with E-state index in [1.807, 2.05) is 6.92 Å². The van der Waals surface area contributed by atoms with Gasteiger partial charge in [0.15, 0.2) is 6.10 Å². The predicted octanol–water partition coefficient (Wildman–Crippen LogP) is 6.10. The van der Waals surface area contributed by atoms with Crippen LogP contribution in [0.5, 0.6) is 5.75 Å². The molecule has 0 aliphatic heterocycles. The molecule has 0 spiro atoms. The molecule has 0 radical (unpaired) electrons. The van der Waals surface area contributed by atoms with Crippen LogP contribution in [0.4, 0.5) is 5.69 Å². The molecular formula is C16H13Cl4NO2. The maximum atomic E-state index is 12.4. The summed E-state index contributed by atoms with van der Waals surface area (Å²) < 4.78 is 5.67. The lowest BCUT2D eigenvalue weighted by Crippen LogP contribution is -2.32. The monoisotopic (exact) mass is 391 g/mol. The summed E-state index contributed by atoms with van der Waals surface area (Å²) in [5.74, 6) is 0.174.